The van der Waals surface area contributed by atoms with Crippen LogP contribution in [0.1, 0.15) is 54.4 Å². The largest absolute Gasteiger partial charge is 0.391 e. The molecule has 3 atom stereocenters. The number of hydrogen-bond acceptors (Lipinski definition) is 5. The summed E-state index contributed by atoms with van der Waals surface area (Å²) < 4.78 is 0. The summed E-state index contributed by atoms with van der Waals surface area (Å²) in [5, 5.41) is 15.8. The van der Waals surface area contributed by atoms with E-state index in [4.69, 9.17) is 0 Å². The van der Waals surface area contributed by atoms with Gasteiger partial charge in [-0.2, -0.15) is 0 Å². The van der Waals surface area contributed by atoms with Crippen molar-refractivity contribution in [1.82, 2.24) is 10.2 Å². The highest BCUT2D eigenvalue weighted by atomic mass is 16.3. The van der Waals surface area contributed by atoms with Gasteiger partial charge in [-0.15, -0.1) is 0 Å². The molecule has 3 N–H and O–H groups in total. The van der Waals surface area contributed by atoms with E-state index < -0.39 is 11.9 Å². The minimum Gasteiger partial charge on any atom is -0.391 e. The van der Waals surface area contributed by atoms with E-state index in [2.05, 4.69) is 10.6 Å². The van der Waals surface area contributed by atoms with Gasteiger partial charge in [0.05, 0.1) is 12.1 Å². The van der Waals surface area contributed by atoms with Crippen LogP contribution in [0.2, 0.25) is 0 Å². The van der Waals surface area contributed by atoms with E-state index in [0.29, 0.717) is 18.5 Å². The number of aliphatic hydroxyl groups excluding tert-OH is 1. The quantitative estimate of drug-likeness (QED) is 0.705. The van der Waals surface area contributed by atoms with Crippen molar-refractivity contribution < 1.29 is 19.5 Å². The summed E-state index contributed by atoms with van der Waals surface area (Å²) >= 11 is 0. The summed E-state index contributed by atoms with van der Waals surface area (Å²) in [5.41, 5.74) is 2.35. The number of fused-ring (bicyclic) bond motifs is 1. The van der Waals surface area contributed by atoms with Crippen LogP contribution in [0.4, 0.5) is 5.69 Å². The second-order valence-electron chi connectivity index (χ2n) is 7.37. The molecule has 1 saturated carbocycles. The van der Waals surface area contributed by atoms with Gasteiger partial charge in [-0.1, -0.05) is 12.8 Å². The molecule has 1 unspecified atom stereocenters. The second kappa shape index (κ2) is 6.72. The zero-order chi connectivity index (χ0) is 18.3. The fraction of sp³-hybridized carbons (Fsp3) is 0.526. The number of piperidine rings is 1. The lowest BCUT2D eigenvalue weighted by molar-refractivity contribution is -0.136. The minimum atomic E-state index is -0.593. The van der Waals surface area contributed by atoms with Gasteiger partial charge in [0, 0.05) is 24.2 Å². The molecule has 1 saturated heterocycles. The van der Waals surface area contributed by atoms with E-state index in [1.165, 1.54) is 0 Å². The van der Waals surface area contributed by atoms with Crippen LogP contribution < -0.4 is 10.6 Å². The molecule has 0 aromatic heterocycles. The standard InChI is InChI=1S/C19H23N3O4/c23-16-4-2-1-3-14(16)20-12-5-6-13-11(9-12)10-22(19(13)26)15-7-8-17(24)21-18(15)25/h5-6,9,14-16,20,23H,1-4,7-8,10H2,(H,21,24,25)/t14-,15?,16-/m0/s1. The summed E-state index contributed by atoms with van der Waals surface area (Å²) in [7, 11) is 0. The molecule has 1 aliphatic carbocycles. The molecule has 0 spiro atoms. The smallest absolute Gasteiger partial charge is 0.255 e. The predicted octanol–water partition coefficient (Wildman–Crippen LogP) is 1.16. The van der Waals surface area contributed by atoms with Crippen LogP contribution in [0.25, 0.3) is 0 Å². The van der Waals surface area contributed by atoms with Gasteiger partial charge in [0.1, 0.15) is 6.04 Å². The molecular weight excluding hydrogens is 334 g/mol. The Kier molecular flexibility index (Phi) is 4.40. The van der Waals surface area contributed by atoms with Gasteiger partial charge in [0.25, 0.3) is 5.91 Å². The number of nitrogens with one attached hydrogen (secondary N) is 2. The molecule has 3 amide bonds. The molecule has 0 bridgehead atoms. The van der Waals surface area contributed by atoms with Crippen LogP contribution in [0, 0.1) is 0 Å². The number of rotatable bonds is 3. The first-order valence-electron chi connectivity index (χ1n) is 9.25. The number of nitrogens with zero attached hydrogens (tertiary/aromatic N) is 1. The second-order valence-corrected chi connectivity index (χ2v) is 7.37. The van der Waals surface area contributed by atoms with Gasteiger partial charge in [-0.05, 0) is 43.0 Å². The van der Waals surface area contributed by atoms with Crippen molar-refractivity contribution in [1.29, 1.82) is 0 Å². The zero-order valence-corrected chi connectivity index (χ0v) is 14.5. The molecular formula is C19H23N3O4. The lowest BCUT2D eigenvalue weighted by atomic mass is 9.92. The topological polar surface area (TPSA) is 98.7 Å². The molecule has 138 valence electrons. The fourth-order valence-electron chi connectivity index (χ4n) is 4.16. The maximum atomic E-state index is 12.7. The summed E-state index contributed by atoms with van der Waals surface area (Å²) in [5.74, 6) is -0.849. The third-order valence-electron chi connectivity index (χ3n) is 5.61. The normalized spacial score (nSPS) is 28.7. The van der Waals surface area contributed by atoms with Gasteiger partial charge in [-0.3, -0.25) is 19.7 Å². The third-order valence-corrected chi connectivity index (χ3v) is 5.61. The number of benzene rings is 1. The average Bonchev–Trinajstić information content (AvgIpc) is 2.93. The lowest BCUT2D eigenvalue weighted by Gasteiger charge is -2.29. The van der Waals surface area contributed by atoms with E-state index in [0.717, 1.165) is 36.9 Å². The molecule has 2 aliphatic heterocycles. The summed E-state index contributed by atoms with van der Waals surface area (Å²) in [4.78, 5) is 37.6. The molecule has 3 aliphatic rings. The molecule has 0 radical (unpaired) electrons. The molecule has 4 rings (SSSR count). The van der Waals surface area contributed by atoms with E-state index >= 15 is 0 Å². The summed E-state index contributed by atoms with van der Waals surface area (Å²) in [6.45, 7) is 0.364. The SMILES string of the molecule is O=C1CCC(N2Cc3cc(N[C@H]4CCCC[C@@H]4O)ccc3C2=O)C(=O)N1. The molecule has 2 fully saturated rings. The third kappa shape index (κ3) is 3.07. The van der Waals surface area contributed by atoms with Crippen LogP contribution in [0.3, 0.4) is 0 Å². The number of aliphatic hydroxyl groups is 1. The van der Waals surface area contributed by atoms with Crippen LogP contribution in [-0.4, -0.2) is 45.9 Å². The summed E-state index contributed by atoms with van der Waals surface area (Å²) in [6.07, 6.45) is 4.16. The minimum absolute atomic E-state index is 0.0325. The van der Waals surface area contributed by atoms with Gasteiger partial charge < -0.3 is 15.3 Å². The number of amides is 3. The van der Waals surface area contributed by atoms with Crippen molar-refractivity contribution in [2.45, 2.75) is 63.3 Å². The van der Waals surface area contributed by atoms with Crippen molar-refractivity contribution in [3.63, 3.8) is 0 Å². The van der Waals surface area contributed by atoms with Crippen molar-refractivity contribution in [3.05, 3.63) is 29.3 Å². The highest BCUT2D eigenvalue weighted by Crippen LogP contribution is 2.30. The highest BCUT2D eigenvalue weighted by Gasteiger charge is 2.39. The van der Waals surface area contributed by atoms with Crippen molar-refractivity contribution in [2.24, 2.45) is 0 Å². The van der Waals surface area contributed by atoms with Gasteiger partial charge in [0.2, 0.25) is 11.8 Å². The molecule has 26 heavy (non-hydrogen) atoms. The zero-order valence-electron chi connectivity index (χ0n) is 14.5. The van der Waals surface area contributed by atoms with Crippen molar-refractivity contribution in [3.8, 4) is 0 Å². The first kappa shape index (κ1) is 17.0. The van der Waals surface area contributed by atoms with Crippen LogP contribution in [-0.2, 0) is 16.1 Å². The number of imide groups is 1. The van der Waals surface area contributed by atoms with Gasteiger partial charge >= 0.3 is 0 Å². The number of hydrogen-bond donors (Lipinski definition) is 3. The van der Waals surface area contributed by atoms with E-state index in [1.807, 2.05) is 12.1 Å². The Morgan fingerprint density at radius 2 is 1.92 bits per heavy atom. The Morgan fingerprint density at radius 3 is 2.69 bits per heavy atom. The highest BCUT2D eigenvalue weighted by molar-refractivity contribution is 6.05. The van der Waals surface area contributed by atoms with Gasteiger partial charge in [-0.25, -0.2) is 0 Å². The first-order chi connectivity index (χ1) is 12.5. The Labute approximate surface area is 151 Å². The molecule has 7 nitrogen and oxygen atoms in total. The van der Waals surface area contributed by atoms with E-state index in [9.17, 15) is 19.5 Å². The predicted molar refractivity (Wildman–Crippen MR) is 94.4 cm³/mol. The van der Waals surface area contributed by atoms with Crippen LogP contribution in [0.15, 0.2) is 18.2 Å². The lowest BCUT2D eigenvalue weighted by Crippen LogP contribution is -2.52. The molecule has 2 heterocycles. The fourth-order valence-corrected chi connectivity index (χ4v) is 4.16. The molecule has 1 aromatic carbocycles. The first-order valence-corrected chi connectivity index (χ1v) is 9.25. The summed E-state index contributed by atoms with van der Waals surface area (Å²) in [6, 6.07) is 5.00. The van der Waals surface area contributed by atoms with E-state index in [-0.39, 0.29) is 30.4 Å². The Balaban J connectivity index is 1.49. The van der Waals surface area contributed by atoms with Crippen LogP contribution >= 0.6 is 0 Å². The average molecular weight is 357 g/mol. The van der Waals surface area contributed by atoms with Crippen LogP contribution in [0.5, 0.6) is 0 Å². The Morgan fingerprint density at radius 1 is 1.12 bits per heavy atom. The monoisotopic (exact) mass is 357 g/mol. The Hall–Kier alpha value is -2.41. The molecule has 1 aromatic rings. The van der Waals surface area contributed by atoms with E-state index in [1.54, 1.807) is 11.0 Å². The van der Waals surface area contributed by atoms with Gasteiger partial charge in [0.15, 0.2) is 0 Å². The number of carbonyl (C=O) groups excluding carboxylic acids is 3. The molecule has 7 heteroatoms. The van der Waals surface area contributed by atoms with Crippen molar-refractivity contribution >= 4 is 23.4 Å². The maximum absolute atomic E-state index is 12.7. The maximum Gasteiger partial charge on any atom is 0.255 e. The number of carbonyl (C=O) groups is 3. The Bertz CT molecular complexity index is 763. The number of anilines is 1. The van der Waals surface area contributed by atoms with Crippen molar-refractivity contribution in [2.75, 3.05) is 5.32 Å².